The summed E-state index contributed by atoms with van der Waals surface area (Å²) in [6.45, 7) is 5.29. The zero-order chi connectivity index (χ0) is 19.2. The first-order valence-corrected chi connectivity index (χ1v) is 8.11. The molecule has 1 aromatic heterocycles. The Bertz CT molecular complexity index is 739. The average Bonchev–Trinajstić information content (AvgIpc) is 2.59. The Labute approximate surface area is 152 Å². The van der Waals surface area contributed by atoms with Gasteiger partial charge >= 0.3 is 5.97 Å². The van der Waals surface area contributed by atoms with Gasteiger partial charge in [0.1, 0.15) is 5.75 Å². The van der Waals surface area contributed by atoms with Gasteiger partial charge in [0, 0.05) is 12.3 Å². The van der Waals surface area contributed by atoms with E-state index >= 15 is 0 Å². The monoisotopic (exact) mass is 358 g/mol. The number of amides is 1. The number of carbonyl (C=O) groups is 2. The summed E-state index contributed by atoms with van der Waals surface area (Å²) in [5.41, 5.74) is -0.274. The van der Waals surface area contributed by atoms with Crippen LogP contribution in [0.5, 0.6) is 11.6 Å². The summed E-state index contributed by atoms with van der Waals surface area (Å²) < 4.78 is 11.0. The summed E-state index contributed by atoms with van der Waals surface area (Å²) in [7, 11) is 0. The van der Waals surface area contributed by atoms with Crippen LogP contribution in [-0.4, -0.2) is 40.2 Å². The molecule has 0 unspecified atom stereocenters. The molecular formula is C19H22N2O5. The van der Waals surface area contributed by atoms with Crippen LogP contribution in [0.3, 0.4) is 0 Å². The molecule has 26 heavy (non-hydrogen) atoms. The first kappa shape index (κ1) is 19.4. The normalized spacial score (nSPS) is 12.3. The first-order chi connectivity index (χ1) is 12.2. The van der Waals surface area contributed by atoms with E-state index in [1.54, 1.807) is 18.2 Å². The zero-order valence-electron chi connectivity index (χ0n) is 14.9. The molecule has 0 spiro atoms. The predicted octanol–water partition coefficient (Wildman–Crippen LogP) is 2.87. The quantitative estimate of drug-likeness (QED) is 0.790. The van der Waals surface area contributed by atoms with Crippen molar-refractivity contribution in [2.45, 2.75) is 32.4 Å². The maximum absolute atomic E-state index is 12.2. The summed E-state index contributed by atoms with van der Waals surface area (Å²) in [6, 6.07) is 11.0. The van der Waals surface area contributed by atoms with Crippen LogP contribution in [0.25, 0.3) is 0 Å². The van der Waals surface area contributed by atoms with E-state index in [0.29, 0.717) is 11.6 Å². The van der Waals surface area contributed by atoms with Crippen molar-refractivity contribution < 1.29 is 24.2 Å². The minimum absolute atomic E-state index is 0.132. The number of para-hydroxylation sites is 1. The average molecular weight is 358 g/mol. The van der Waals surface area contributed by atoms with Gasteiger partial charge in [0.15, 0.2) is 6.04 Å². The van der Waals surface area contributed by atoms with E-state index in [2.05, 4.69) is 10.3 Å². The van der Waals surface area contributed by atoms with Crippen molar-refractivity contribution in [1.82, 2.24) is 10.3 Å². The molecule has 2 N–H and O–H groups in total. The third-order valence-corrected chi connectivity index (χ3v) is 3.25. The molecule has 1 amide bonds. The van der Waals surface area contributed by atoms with Crippen molar-refractivity contribution in [3.8, 4) is 11.6 Å². The van der Waals surface area contributed by atoms with E-state index in [9.17, 15) is 14.7 Å². The number of hydrogen-bond donors (Lipinski definition) is 2. The van der Waals surface area contributed by atoms with Gasteiger partial charge in [0.25, 0.3) is 5.91 Å². The standard InChI is InChI=1S/C19H22N2O5/c1-19(2,3)25-12-15(18(23)24)21-17(22)13-9-10-16(20-11-13)26-14-7-5-4-6-8-14/h4-11,15H,12H2,1-3H3,(H,21,22)(H,23,24)/t15-/m0/s1. The summed E-state index contributed by atoms with van der Waals surface area (Å²) in [6.07, 6.45) is 1.33. The lowest BCUT2D eigenvalue weighted by atomic mass is 10.2. The van der Waals surface area contributed by atoms with Gasteiger partial charge in [-0.2, -0.15) is 0 Å². The minimum atomic E-state index is -1.17. The maximum Gasteiger partial charge on any atom is 0.328 e. The molecule has 0 aliphatic carbocycles. The lowest BCUT2D eigenvalue weighted by Crippen LogP contribution is -2.45. The minimum Gasteiger partial charge on any atom is -0.480 e. The molecule has 1 heterocycles. The second-order valence-corrected chi connectivity index (χ2v) is 6.59. The number of carbonyl (C=O) groups excluding carboxylic acids is 1. The topological polar surface area (TPSA) is 97.8 Å². The van der Waals surface area contributed by atoms with Crippen molar-refractivity contribution >= 4 is 11.9 Å². The van der Waals surface area contributed by atoms with Crippen LogP contribution in [0.1, 0.15) is 31.1 Å². The largest absolute Gasteiger partial charge is 0.480 e. The number of rotatable bonds is 7. The first-order valence-electron chi connectivity index (χ1n) is 8.11. The Hall–Kier alpha value is -2.93. The fourth-order valence-electron chi connectivity index (χ4n) is 1.93. The molecule has 7 heteroatoms. The van der Waals surface area contributed by atoms with Crippen molar-refractivity contribution in [2.24, 2.45) is 0 Å². The lowest BCUT2D eigenvalue weighted by Gasteiger charge is -2.23. The van der Waals surface area contributed by atoms with Gasteiger partial charge in [0.05, 0.1) is 17.8 Å². The van der Waals surface area contributed by atoms with Gasteiger partial charge in [-0.25, -0.2) is 9.78 Å². The number of aliphatic carboxylic acids is 1. The summed E-state index contributed by atoms with van der Waals surface area (Å²) in [4.78, 5) is 27.6. The number of pyridine rings is 1. The highest BCUT2D eigenvalue weighted by molar-refractivity contribution is 5.96. The van der Waals surface area contributed by atoms with Crippen LogP contribution in [0.2, 0.25) is 0 Å². The third kappa shape index (κ3) is 6.18. The molecule has 7 nitrogen and oxygen atoms in total. The Morgan fingerprint density at radius 3 is 2.38 bits per heavy atom. The summed E-state index contributed by atoms with van der Waals surface area (Å²) in [5, 5.41) is 11.7. The molecule has 0 fully saturated rings. The SMILES string of the molecule is CC(C)(C)OC[C@H](NC(=O)c1ccc(Oc2ccccc2)nc1)C(=O)O. The molecule has 0 aliphatic rings. The molecule has 2 aromatic rings. The lowest BCUT2D eigenvalue weighted by molar-refractivity contribution is -0.142. The van der Waals surface area contributed by atoms with Gasteiger partial charge in [-0.05, 0) is 39.0 Å². The van der Waals surface area contributed by atoms with Crippen LogP contribution in [0.15, 0.2) is 48.7 Å². The number of aromatic nitrogens is 1. The van der Waals surface area contributed by atoms with E-state index in [1.165, 1.54) is 12.3 Å². The molecule has 0 saturated heterocycles. The van der Waals surface area contributed by atoms with Gasteiger partial charge in [-0.1, -0.05) is 18.2 Å². The number of carboxylic acid groups (broad SMARTS) is 1. The smallest absolute Gasteiger partial charge is 0.328 e. The van der Waals surface area contributed by atoms with E-state index in [1.807, 2.05) is 39.0 Å². The molecule has 1 aromatic carbocycles. The van der Waals surface area contributed by atoms with Crippen LogP contribution in [0.4, 0.5) is 0 Å². The van der Waals surface area contributed by atoms with Gasteiger partial charge in [0.2, 0.25) is 5.88 Å². The Kier molecular flexibility index (Phi) is 6.30. The van der Waals surface area contributed by atoms with E-state index < -0.39 is 23.5 Å². The summed E-state index contributed by atoms with van der Waals surface area (Å²) >= 11 is 0. The Morgan fingerprint density at radius 1 is 1.15 bits per heavy atom. The second kappa shape index (κ2) is 8.44. The van der Waals surface area contributed by atoms with Crippen molar-refractivity contribution in [1.29, 1.82) is 0 Å². The van der Waals surface area contributed by atoms with E-state index in [0.717, 1.165) is 0 Å². The van der Waals surface area contributed by atoms with Crippen LogP contribution < -0.4 is 10.1 Å². The van der Waals surface area contributed by atoms with Crippen molar-refractivity contribution in [3.05, 3.63) is 54.2 Å². The molecule has 0 bridgehead atoms. The van der Waals surface area contributed by atoms with Crippen molar-refractivity contribution in [3.63, 3.8) is 0 Å². The number of ether oxygens (including phenoxy) is 2. The molecule has 0 radical (unpaired) electrons. The zero-order valence-corrected chi connectivity index (χ0v) is 14.9. The van der Waals surface area contributed by atoms with Gasteiger partial charge in [-0.15, -0.1) is 0 Å². The van der Waals surface area contributed by atoms with Crippen LogP contribution >= 0.6 is 0 Å². The molecule has 2 rings (SSSR count). The van der Waals surface area contributed by atoms with E-state index in [-0.39, 0.29) is 12.2 Å². The fourth-order valence-corrected chi connectivity index (χ4v) is 1.93. The predicted molar refractivity (Wildman–Crippen MR) is 95.3 cm³/mol. The molecule has 1 atom stereocenters. The Morgan fingerprint density at radius 2 is 1.85 bits per heavy atom. The van der Waals surface area contributed by atoms with Crippen LogP contribution in [-0.2, 0) is 9.53 Å². The van der Waals surface area contributed by atoms with Crippen molar-refractivity contribution in [2.75, 3.05) is 6.61 Å². The highest BCUT2D eigenvalue weighted by atomic mass is 16.5. The maximum atomic E-state index is 12.2. The second-order valence-electron chi connectivity index (χ2n) is 6.59. The van der Waals surface area contributed by atoms with Crippen LogP contribution in [0, 0.1) is 0 Å². The number of carboxylic acids is 1. The molecular weight excluding hydrogens is 336 g/mol. The van der Waals surface area contributed by atoms with Gasteiger partial charge in [-0.3, -0.25) is 4.79 Å². The summed E-state index contributed by atoms with van der Waals surface area (Å²) in [5.74, 6) is -0.755. The molecule has 0 saturated carbocycles. The Balaban J connectivity index is 1.98. The highest BCUT2D eigenvalue weighted by Gasteiger charge is 2.23. The number of benzene rings is 1. The number of nitrogens with zero attached hydrogens (tertiary/aromatic N) is 1. The highest BCUT2D eigenvalue weighted by Crippen LogP contribution is 2.18. The number of hydrogen-bond acceptors (Lipinski definition) is 5. The molecule has 0 aliphatic heterocycles. The van der Waals surface area contributed by atoms with Gasteiger partial charge < -0.3 is 19.9 Å². The third-order valence-electron chi connectivity index (χ3n) is 3.25. The number of nitrogens with one attached hydrogen (secondary N) is 1. The fraction of sp³-hybridized carbons (Fsp3) is 0.316. The van der Waals surface area contributed by atoms with E-state index in [4.69, 9.17) is 9.47 Å². The molecule has 138 valence electrons.